The molecule has 140 valence electrons. The minimum Gasteiger partial charge on any atom is -0.438 e. The van der Waals surface area contributed by atoms with E-state index in [1.807, 2.05) is 0 Å². The van der Waals surface area contributed by atoms with Gasteiger partial charge in [-0.1, -0.05) is 26.7 Å². The van der Waals surface area contributed by atoms with Gasteiger partial charge in [-0.15, -0.1) is 0 Å². The highest BCUT2D eigenvalue weighted by Crippen LogP contribution is 2.30. The number of hydrogen-bond acceptors (Lipinski definition) is 5. The maximum atomic E-state index is 12.6. The fourth-order valence-electron chi connectivity index (χ4n) is 3.52. The van der Waals surface area contributed by atoms with Crippen LogP contribution in [0.1, 0.15) is 43.7 Å². The van der Waals surface area contributed by atoms with Gasteiger partial charge in [0.2, 0.25) is 5.09 Å². The summed E-state index contributed by atoms with van der Waals surface area (Å²) in [7, 11) is -3.72. The predicted molar refractivity (Wildman–Crippen MR) is 91.7 cm³/mol. The van der Waals surface area contributed by atoms with E-state index in [1.54, 1.807) is 0 Å². The smallest absolute Gasteiger partial charge is 0.287 e. The Bertz CT molecular complexity index is 708. The number of amides is 1. The topological polar surface area (TPSA) is 88.9 Å². The summed E-state index contributed by atoms with van der Waals surface area (Å²) in [5.74, 6) is 0.642. The van der Waals surface area contributed by atoms with Crippen molar-refractivity contribution in [2.75, 3.05) is 26.3 Å². The summed E-state index contributed by atoms with van der Waals surface area (Å²) in [6.45, 7) is 5.66. The zero-order valence-corrected chi connectivity index (χ0v) is 15.5. The van der Waals surface area contributed by atoms with Gasteiger partial charge >= 0.3 is 0 Å². The number of ether oxygens (including phenoxy) is 1. The molecule has 2 fully saturated rings. The summed E-state index contributed by atoms with van der Waals surface area (Å²) in [4.78, 5) is 12.4. The molecule has 25 heavy (non-hydrogen) atoms. The second-order valence-corrected chi connectivity index (χ2v) is 8.85. The number of hydrogen-bond donors (Lipinski definition) is 1. The lowest BCUT2D eigenvalue weighted by Gasteiger charge is -2.34. The van der Waals surface area contributed by atoms with Crippen LogP contribution >= 0.6 is 0 Å². The van der Waals surface area contributed by atoms with E-state index in [0.29, 0.717) is 38.1 Å². The molecule has 0 unspecified atom stereocenters. The van der Waals surface area contributed by atoms with Crippen molar-refractivity contribution >= 4 is 15.9 Å². The SMILES string of the molecule is C[C@H]1[C@H](C)CCC[C@H]1NC(=O)c1ccc(S(=O)(=O)N2CCOCC2)o1. The van der Waals surface area contributed by atoms with Gasteiger partial charge in [0.15, 0.2) is 5.76 Å². The molecule has 1 aliphatic heterocycles. The van der Waals surface area contributed by atoms with Crippen LogP contribution < -0.4 is 5.32 Å². The third-order valence-corrected chi connectivity index (χ3v) is 7.17. The Hall–Kier alpha value is -1.38. The van der Waals surface area contributed by atoms with Crippen LogP contribution in [0.2, 0.25) is 0 Å². The van der Waals surface area contributed by atoms with Gasteiger partial charge in [0.1, 0.15) is 0 Å². The van der Waals surface area contributed by atoms with Crippen molar-refractivity contribution in [3.8, 4) is 0 Å². The van der Waals surface area contributed by atoms with Crippen LogP contribution in [0, 0.1) is 11.8 Å². The van der Waals surface area contributed by atoms with Crippen LogP contribution in [-0.2, 0) is 14.8 Å². The molecule has 3 atom stereocenters. The second-order valence-electron chi connectivity index (χ2n) is 6.98. The lowest BCUT2D eigenvalue weighted by Crippen LogP contribution is -2.43. The molecule has 1 saturated heterocycles. The Morgan fingerprint density at radius 3 is 2.64 bits per heavy atom. The monoisotopic (exact) mass is 370 g/mol. The predicted octanol–water partition coefficient (Wildman–Crippen LogP) is 1.85. The summed E-state index contributed by atoms with van der Waals surface area (Å²) in [5.41, 5.74) is 0. The van der Waals surface area contributed by atoms with Gasteiger partial charge in [0, 0.05) is 19.1 Å². The number of nitrogens with one attached hydrogen (secondary N) is 1. The Morgan fingerprint density at radius 2 is 1.92 bits per heavy atom. The summed E-state index contributed by atoms with van der Waals surface area (Å²) in [6, 6.07) is 2.88. The average Bonchev–Trinajstić information content (AvgIpc) is 3.11. The Balaban J connectivity index is 1.69. The normalized spacial score (nSPS) is 28.6. The highest BCUT2D eigenvalue weighted by molar-refractivity contribution is 7.89. The van der Waals surface area contributed by atoms with E-state index in [2.05, 4.69) is 19.2 Å². The first-order valence-corrected chi connectivity index (χ1v) is 10.3. The van der Waals surface area contributed by atoms with Gasteiger partial charge in [0.25, 0.3) is 15.9 Å². The third-order valence-electron chi connectivity index (χ3n) is 5.39. The van der Waals surface area contributed by atoms with Crippen molar-refractivity contribution < 1.29 is 22.4 Å². The minimum atomic E-state index is -3.72. The van der Waals surface area contributed by atoms with Gasteiger partial charge < -0.3 is 14.5 Å². The molecule has 1 aliphatic carbocycles. The fraction of sp³-hybridized carbons (Fsp3) is 0.706. The highest BCUT2D eigenvalue weighted by Gasteiger charge is 2.32. The molecule has 3 rings (SSSR count). The van der Waals surface area contributed by atoms with Crippen LogP contribution in [0.4, 0.5) is 0 Å². The molecule has 2 aliphatic rings. The minimum absolute atomic E-state index is 0.0391. The lowest BCUT2D eigenvalue weighted by atomic mass is 9.78. The zero-order chi connectivity index (χ0) is 18.0. The van der Waals surface area contributed by atoms with E-state index in [0.717, 1.165) is 12.8 Å². The first-order chi connectivity index (χ1) is 11.9. The van der Waals surface area contributed by atoms with Gasteiger partial charge in [-0.25, -0.2) is 8.42 Å². The van der Waals surface area contributed by atoms with Crippen LogP contribution in [0.3, 0.4) is 0 Å². The van der Waals surface area contributed by atoms with Gasteiger partial charge in [-0.05, 0) is 30.4 Å². The molecular weight excluding hydrogens is 344 g/mol. The molecule has 0 bridgehead atoms. The molecule has 8 heteroatoms. The van der Waals surface area contributed by atoms with Crippen LogP contribution in [0.25, 0.3) is 0 Å². The second kappa shape index (κ2) is 7.47. The first kappa shape index (κ1) is 18.4. The van der Waals surface area contributed by atoms with Crippen molar-refractivity contribution in [3.05, 3.63) is 17.9 Å². The fourth-order valence-corrected chi connectivity index (χ4v) is 4.84. The quantitative estimate of drug-likeness (QED) is 0.874. The van der Waals surface area contributed by atoms with Gasteiger partial charge in [-0.3, -0.25) is 4.79 Å². The molecule has 1 aromatic rings. The Labute approximate surface area is 148 Å². The number of sulfonamides is 1. The van der Waals surface area contributed by atoms with Gasteiger partial charge in [0.05, 0.1) is 13.2 Å². The molecule has 1 amide bonds. The van der Waals surface area contributed by atoms with Crippen molar-refractivity contribution in [2.24, 2.45) is 11.8 Å². The molecule has 0 radical (unpaired) electrons. The number of furan rings is 1. The number of rotatable bonds is 4. The number of carbonyl (C=O) groups excluding carboxylic acids is 1. The molecule has 2 heterocycles. The third kappa shape index (κ3) is 3.91. The Kier molecular flexibility index (Phi) is 5.50. The van der Waals surface area contributed by atoms with E-state index >= 15 is 0 Å². The van der Waals surface area contributed by atoms with Crippen molar-refractivity contribution in [3.63, 3.8) is 0 Å². The maximum Gasteiger partial charge on any atom is 0.287 e. The summed E-state index contributed by atoms with van der Waals surface area (Å²) in [5, 5.41) is 2.81. The van der Waals surface area contributed by atoms with E-state index in [-0.39, 0.29) is 22.8 Å². The first-order valence-electron chi connectivity index (χ1n) is 8.88. The number of carbonyl (C=O) groups is 1. The Morgan fingerprint density at radius 1 is 1.20 bits per heavy atom. The van der Waals surface area contributed by atoms with E-state index in [4.69, 9.17) is 9.15 Å². The summed E-state index contributed by atoms with van der Waals surface area (Å²) in [6.07, 6.45) is 3.21. The maximum absolute atomic E-state index is 12.6. The molecule has 7 nitrogen and oxygen atoms in total. The molecule has 1 saturated carbocycles. The number of morpholine rings is 1. The zero-order valence-electron chi connectivity index (χ0n) is 14.7. The largest absolute Gasteiger partial charge is 0.438 e. The average molecular weight is 370 g/mol. The van der Waals surface area contributed by atoms with Crippen LogP contribution in [-0.4, -0.2) is 51.0 Å². The molecule has 1 aromatic heterocycles. The standard InChI is InChI=1S/C17H26N2O5S/c1-12-4-3-5-14(13(12)2)18-17(20)15-6-7-16(24-15)25(21,22)19-8-10-23-11-9-19/h6-7,12-14H,3-5,8-11H2,1-2H3,(H,18,20)/t12-,13+,14-/m1/s1. The van der Waals surface area contributed by atoms with E-state index in [1.165, 1.54) is 22.9 Å². The number of nitrogens with zero attached hydrogens (tertiary/aromatic N) is 1. The lowest BCUT2D eigenvalue weighted by molar-refractivity contribution is 0.0722. The molecule has 0 aromatic carbocycles. The molecule has 0 spiro atoms. The molecule has 1 N–H and O–H groups in total. The highest BCUT2D eigenvalue weighted by atomic mass is 32.2. The van der Waals surface area contributed by atoms with E-state index < -0.39 is 10.0 Å². The molecular formula is C17H26N2O5S. The van der Waals surface area contributed by atoms with E-state index in [9.17, 15) is 13.2 Å². The van der Waals surface area contributed by atoms with Crippen molar-refractivity contribution in [1.82, 2.24) is 9.62 Å². The van der Waals surface area contributed by atoms with Crippen molar-refractivity contribution in [2.45, 2.75) is 44.2 Å². The van der Waals surface area contributed by atoms with Crippen LogP contribution in [0.5, 0.6) is 0 Å². The van der Waals surface area contributed by atoms with Crippen LogP contribution in [0.15, 0.2) is 21.6 Å². The summed E-state index contributed by atoms with van der Waals surface area (Å²) >= 11 is 0. The summed E-state index contributed by atoms with van der Waals surface area (Å²) < 4.78 is 37.0. The van der Waals surface area contributed by atoms with Gasteiger partial charge in [-0.2, -0.15) is 4.31 Å². The van der Waals surface area contributed by atoms with Crippen molar-refractivity contribution in [1.29, 1.82) is 0 Å².